The van der Waals surface area contributed by atoms with Gasteiger partial charge in [-0.05, 0) is 44.7 Å². The monoisotopic (exact) mass is 381 g/mol. The zero-order valence-electron chi connectivity index (χ0n) is 14.2. The molecule has 0 saturated carbocycles. The molecule has 134 valence electrons. The molecule has 0 aliphatic carbocycles. The normalized spacial score (nSPS) is 15.2. The predicted molar refractivity (Wildman–Crippen MR) is 102 cm³/mol. The number of hydrogen-bond donors (Lipinski definition) is 1. The van der Waals surface area contributed by atoms with Crippen molar-refractivity contribution in [2.45, 2.75) is 39.5 Å². The molecule has 2 heterocycles. The minimum Gasteiger partial charge on any atom is -0.337 e. The summed E-state index contributed by atoms with van der Waals surface area (Å²) in [6.45, 7) is 7.19. The second kappa shape index (κ2) is 11.2. The fraction of sp³-hybridized carbons (Fsp3) is 0.750. The third-order valence-electron chi connectivity index (χ3n) is 4.06. The van der Waals surface area contributed by atoms with Crippen LogP contribution >= 0.6 is 36.2 Å². The molecule has 1 aliphatic heterocycles. The van der Waals surface area contributed by atoms with Crippen LogP contribution in [-0.4, -0.2) is 42.5 Å². The zero-order valence-corrected chi connectivity index (χ0v) is 16.7. The number of nitrogens with zero attached hydrogens (tertiary/aromatic N) is 2. The van der Waals surface area contributed by atoms with Crippen LogP contribution in [0.2, 0.25) is 0 Å². The second-order valence-corrected chi connectivity index (χ2v) is 7.29. The molecule has 1 saturated heterocycles. The highest BCUT2D eigenvalue weighted by molar-refractivity contribution is 7.09. The van der Waals surface area contributed by atoms with E-state index in [1.165, 1.54) is 6.42 Å². The van der Waals surface area contributed by atoms with Crippen molar-refractivity contribution < 1.29 is 4.79 Å². The van der Waals surface area contributed by atoms with Crippen LogP contribution in [0.25, 0.3) is 0 Å². The molecule has 1 N–H and O–H groups in total. The highest BCUT2D eigenvalue weighted by Gasteiger charge is 2.24. The van der Waals surface area contributed by atoms with Gasteiger partial charge in [0.1, 0.15) is 5.69 Å². The molecule has 1 fully saturated rings. The molecule has 1 aromatic rings. The van der Waals surface area contributed by atoms with Gasteiger partial charge in [-0.3, -0.25) is 4.79 Å². The molecular weight excluding hydrogens is 353 g/mol. The van der Waals surface area contributed by atoms with Crippen LogP contribution in [0.5, 0.6) is 0 Å². The highest BCUT2D eigenvalue weighted by Crippen LogP contribution is 2.22. The van der Waals surface area contributed by atoms with Crippen LogP contribution in [0.3, 0.4) is 0 Å². The van der Waals surface area contributed by atoms with Crippen LogP contribution in [0.4, 0.5) is 0 Å². The van der Waals surface area contributed by atoms with Crippen LogP contribution < -0.4 is 5.32 Å². The van der Waals surface area contributed by atoms with Gasteiger partial charge in [0.15, 0.2) is 0 Å². The summed E-state index contributed by atoms with van der Waals surface area (Å²) in [7, 11) is 2.00. The van der Waals surface area contributed by atoms with E-state index < -0.39 is 0 Å². The number of hydrogen-bond acceptors (Lipinski definition) is 4. The lowest BCUT2D eigenvalue weighted by Gasteiger charge is -2.31. The summed E-state index contributed by atoms with van der Waals surface area (Å²) < 4.78 is 0. The van der Waals surface area contributed by atoms with Crippen molar-refractivity contribution in [2.24, 2.45) is 11.8 Å². The van der Waals surface area contributed by atoms with Crippen LogP contribution in [-0.2, 0) is 6.42 Å². The lowest BCUT2D eigenvalue weighted by atomic mass is 9.93. The van der Waals surface area contributed by atoms with E-state index in [9.17, 15) is 4.79 Å². The number of carbonyl (C=O) groups excluding carboxylic acids is 1. The Kier molecular flexibility index (Phi) is 11.1. The fourth-order valence-electron chi connectivity index (χ4n) is 2.79. The molecule has 1 aromatic heterocycles. The minimum absolute atomic E-state index is 0. The molecule has 7 heteroatoms. The number of thiazole rings is 1. The molecule has 0 aromatic carbocycles. The van der Waals surface area contributed by atoms with Crippen molar-refractivity contribution >= 4 is 42.1 Å². The largest absolute Gasteiger partial charge is 0.337 e. The number of halogens is 2. The molecule has 1 aliphatic rings. The Morgan fingerprint density at radius 2 is 2.04 bits per heavy atom. The zero-order chi connectivity index (χ0) is 15.2. The third kappa shape index (κ3) is 6.96. The van der Waals surface area contributed by atoms with Crippen LogP contribution in [0.15, 0.2) is 5.38 Å². The van der Waals surface area contributed by atoms with Crippen molar-refractivity contribution in [3.8, 4) is 0 Å². The fourth-order valence-corrected chi connectivity index (χ4v) is 3.77. The molecule has 0 atom stereocenters. The number of piperidine rings is 1. The number of aromatic nitrogens is 1. The molecule has 2 rings (SSSR count). The number of nitrogens with one attached hydrogen (secondary N) is 1. The Morgan fingerprint density at radius 3 is 2.61 bits per heavy atom. The van der Waals surface area contributed by atoms with E-state index in [-0.39, 0.29) is 30.7 Å². The first-order valence-corrected chi connectivity index (χ1v) is 8.86. The van der Waals surface area contributed by atoms with E-state index in [4.69, 9.17) is 0 Å². The van der Waals surface area contributed by atoms with Gasteiger partial charge in [-0.25, -0.2) is 4.98 Å². The molecule has 0 unspecified atom stereocenters. The first-order chi connectivity index (χ1) is 10.1. The number of amides is 1. The highest BCUT2D eigenvalue weighted by atomic mass is 35.5. The summed E-state index contributed by atoms with van der Waals surface area (Å²) in [5.74, 6) is 1.46. The van der Waals surface area contributed by atoms with Gasteiger partial charge in [0, 0.05) is 24.9 Å². The van der Waals surface area contributed by atoms with Crippen molar-refractivity contribution in [1.29, 1.82) is 0 Å². The van der Waals surface area contributed by atoms with Gasteiger partial charge in [-0.1, -0.05) is 13.8 Å². The molecule has 4 nitrogen and oxygen atoms in total. The average Bonchev–Trinajstić information content (AvgIpc) is 2.92. The first kappa shape index (κ1) is 22.6. The maximum atomic E-state index is 12.5. The van der Waals surface area contributed by atoms with E-state index in [1.807, 2.05) is 17.3 Å². The van der Waals surface area contributed by atoms with Crippen molar-refractivity contribution in [1.82, 2.24) is 15.2 Å². The molecule has 23 heavy (non-hydrogen) atoms. The number of rotatable bonds is 6. The van der Waals surface area contributed by atoms with E-state index in [0.29, 0.717) is 11.6 Å². The van der Waals surface area contributed by atoms with Gasteiger partial charge in [-0.2, -0.15) is 0 Å². The predicted octanol–water partition coefficient (Wildman–Crippen LogP) is 3.65. The first-order valence-electron chi connectivity index (χ1n) is 7.98. The second-order valence-electron chi connectivity index (χ2n) is 6.35. The number of likely N-dealkylation sites (tertiary alicyclic amines) is 1. The van der Waals surface area contributed by atoms with Crippen LogP contribution in [0.1, 0.15) is 48.6 Å². The summed E-state index contributed by atoms with van der Waals surface area (Å²) in [5.41, 5.74) is 0.643. The van der Waals surface area contributed by atoms with Gasteiger partial charge in [0.05, 0.1) is 5.01 Å². The Balaban J connectivity index is 0.00000242. The molecule has 0 bridgehead atoms. The van der Waals surface area contributed by atoms with Crippen LogP contribution in [0, 0.1) is 11.8 Å². The topological polar surface area (TPSA) is 45.2 Å². The summed E-state index contributed by atoms with van der Waals surface area (Å²) in [6, 6.07) is 0. The summed E-state index contributed by atoms with van der Waals surface area (Å²) in [4.78, 5) is 19.0. The number of carbonyl (C=O) groups is 1. The molecule has 0 radical (unpaired) electrons. The standard InChI is InChI=1S/C16H27N3OS.2ClH/c1-12(2)10-15-18-14(11-21-15)16(20)19-8-5-13(6-9-19)4-7-17-3;;/h11-13,17H,4-10H2,1-3H3;2*1H. The van der Waals surface area contributed by atoms with E-state index >= 15 is 0 Å². The Bertz CT molecular complexity index is 460. The lowest BCUT2D eigenvalue weighted by molar-refractivity contribution is 0.0681. The maximum Gasteiger partial charge on any atom is 0.273 e. The summed E-state index contributed by atoms with van der Waals surface area (Å²) >= 11 is 1.61. The van der Waals surface area contributed by atoms with E-state index in [2.05, 4.69) is 24.1 Å². The van der Waals surface area contributed by atoms with Crippen molar-refractivity contribution in [3.63, 3.8) is 0 Å². The molecule has 0 spiro atoms. The van der Waals surface area contributed by atoms with Crippen molar-refractivity contribution in [3.05, 3.63) is 16.1 Å². The third-order valence-corrected chi connectivity index (χ3v) is 4.93. The van der Waals surface area contributed by atoms with E-state index in [0.717, 1.165) is 49.8 Å². The van der Waals surface area contributed by atoms with Gasteiger partial charge in [0.25, 0.3) is 5.91 Å². The van der Waals surface area contributed by atoms with E-state index in [1.54, 1.807) is 11.3 Å². The van der Waals surface area contributed by atoms with Crippen molar-refractivity contribution in [2.75, 3.05) is 26.7 Å². The van der Waals surface area contributed by atoms with Gasteiger partial charge >= 0.3 is 0 Å². The van der Waals surface area contributed by atoms with Gasteiger partial charge < -0.3 is 10.2 Å². The van der Waals surface area contributed by atoms with Gasteiger partial charge in [0.2, 0.25) is 0 Å². The average molecular weight is 382 g/mol. The summed E-state index contributed by atoms with van der Waals surface area (Å²) in [5, 5.41) is 6.21. The Morgan fingerprint density at radius 1 is 1.39 bits per heavy atom. The SMILES string of the molecule is CNCCC1CCN(C(=O)c2csc(CC(C)C)n2)CC1.Cl.Cl. The maximum absolute atomic E-state index is 12.5. The lowest BCUT2D eigenvalue weighted by Crippen LogP contribution is -2.39. The smallest absolute Gasteiger partial charge is 0.273 e. The molecule has 1 amide bonds. The minimum atomic E-state index is 0. The van der Waals surface area contributed by atoms with Gasteiger partial charge in [-0.15, -0.1) is 36.2 Å². The summed E-state index contributed by atoms with van der Waals surface area (Å²) in [6.07, 6.45) is 4.42. The Hall–Kier alpha value is -0.360. The Labute approximate surface area is 156 Å². The molecular formula is C16H29Cl2N3OS. The quantitative estimate of drug-likeness (QED) is 0.817.